The highest BCUT2D eigenvalue weighted by atomic mass is 32.1. The maximum atomic E-state index is 11.5. The van der Waals surface area contributed by atoms with Crippen molar-refractivity contribution in [1.29, 1.82) is 0 Å². The zero-order chi connectivity index (χ0) is 39.3. The molecule has 2 aliphatic carbocycles. The van der Waals surface area contributed by atoms with Gasteiger partial charge in [-0.1, -0.05) is 0 Å². The molecule has 0 unspecified atom stereocenters. The fourth-order valence-electron chi connectivity index (χ4n) is 6.88. The lowest BCUT2D eigenvalue weighted by Gasteiger charge is -2.27. The molecule has 0 saturated heterocycles. The molecular weight excluding hydrogens is 757 g/mol. The van der Waals surface area contributed by atoms with Crippen molar-refractivity contribution in [1.82, 2.24) is 29.9 Å². The summed E-state index contributed by atoms with van der Waals surface area (Å²) in [6, 6.07) is 7.86. The molecule has 0 amide bonds. The summed E-state index contributed by atoms with van der Waals surface area (Å²) in [5.41, 5.74) is 14.6. The summed E-state index contributed by atoms with van der Waals surface area (Å²) < 4.78 is 12.3. The molecule has 2 aliphatic rings. The number of ether oxygens (including phenoxy) is 2. The van der Waals surface area contributed by atoms with E-state index in [0.29, 0.717) is 66.3 Å². The van der Waals surface area contributed by atoms with Crippen LogP contribution in [0.4, 0.5) is 23.0 Å². The lowest BCUT2D eigenvalue weighted by Crippen LogP contribution is -2.31. The number of pyridine rings is 2. The molecule has 6 aromatic rings. The fourth-order valence-corrected chi connectivity index (χ4v) is 8.86. The van der Waals surface area contributed by atoms with E-state index < -0.39 is 11.9 Å². The van der Waals surface area contributed by atoms with E-state index in [1.807, 2.05) is 24.3 Å². The van der Waals surface area contributed by atoms with Crippen LogP contribution in [0.2, 0.25) is 0 Å². The number of aromatic carboxylic acids is 2. The van der Waals surface area contributed by atoms with E-state index in [2.05, 4.69) is 40.5 Å². The lowest BCUT2D eigenvalue weighted by atomic mass is 9.94. The molecule has 56 heavy (non-hydrogen) atoms. The topological polar surface area (TPSA) is 246 Å². The highest BCUT2D eigenvalue weighted by molar-refractivity contribution is 7.21. The van der Waals surface area contributed by atoms with E-state index in [9.17, 15) is 19.8 Å². The number of fused-ring (bicyclic) bond motifs is 2. The predicted octanol–water partition coefficient (Wildman–Crippen LogP) is 6.97. The van der Waals surface area contributed by atoms with E-state index in [1.54, 1.807) is 26.2 Å². The van der Waals surface area contributed by atoms with Crippen LogP contribution in [0.5, 0.6) is 11.8 Å². The fraction of sp³-hybridized carbons (Fsp3) is 0.368. The average molecular weight is 799 g/mol. The molecule has 0 atom stereocenters. The van der Waals surface area contributed by atoms with Crippen LogP contribution >= 0.6 is 22.7 Å². The largest absolute Gasteiger partial charge is 0.477 e. The lowest BCUT2D eigenvalue weighted by molar-refractivity contribution is 0.0690. The Morgan fingerprint density at radius 2 is 1.04 bits per heavy atom. The first-order chi connectivity index (χ1) is 27.0. The summed E-state index contributed by atoms with van der Waals surface area (Å²) in [5, 5.41) is 26.7. The van der Waals surface area contributed by atoms with Gasteiger partial charge in [0.05, 0.1) is 10.8 Å². The molecule has 2 fully saturated rings. The summed E-state index contributed by atoms with van der Waals surface area (Å²) in [5.74, 6) is 0.145. The van der Waals surface area contributed by atoms with Crippen molar-refractivity contribution in [2.45, 2.75) is 89.5 Å². The Balaban J connectivity index is 0.000000172. The number of hydrogen-bond donors (Lipinski definition) is 6. The zero-order valence-electron chi connectivity index (χ0n) is 30.8. The van der Waals surface area contributed by atoms with E-state index >= 15 is 0 Å². The maximum absolute atomic E-state index is 11.5. The molecule has 0 spiro atoms. The summed E-state index contributed by atoms with van der Waals surface area (Å²) in [6.45, 7) is 3.53. The van der Waals surface area contributed by atoms with Gasteiger partial charge in [0.2, 0.25) is 11.8 Å². The number of aryl methyl sites for hydroxylation is 2. The van der Waals surface area contributed by atoms with Gasteiger partial charge in [0.15, 0.2) is 0 Å². The summed E-state index contributed by atoms with van der Waals surface area (Å²) in [7, 11) is 0. The van der Waals surface area contributed by atoms with Crippen LogP contribution in [0.3, 0.4) is 0 Å². The third-order valence-corrected chi connectivity index (χ3v) is 12.3. The highest BCUT2D eigenvalue weighted by Gasteiger charge is 2.25. The van der Waals surface area contributed by atoms with Crippen molar-refractivity contribution in [2.24, 2.45) is 11.5 Å². The molecule has 292 valence electrons. The highest BCUT2D eigenvalue weighted by Crippen LogP contribution is 2.38. The van der Waals surface area contributed by atoms with E-state index in [4.69, 9.17) is 20.9 Å². The second-order valence-electron chi connectivity index (χ2n) is 13.8. The Hall–Kier alpha value is -5.56. The van der Waals surface area contributed by atoms with Crippen LogP contribution in [-0.4, -0.2) is 76.3 Å². The normalized spacial score (nSPS) is 19.5. The standard InChI is InChI=1S/2C19H21N5O3S/c2*1-10-14-16(22-9-23-18(14)28-15(10)19(25)26)24-13-3-2-8-21-17(13)27-12-6-4-11(20)5-7-12/h2*2-3,8-9,11-12H,4-7,20H2,1H3,(H,25,26)(H,22,23,24). The monoisotopic (exact) mass is 798 g/mol. The van der Waals surface area contributed by atoms with Gasteiger partial charge in [0, 0.05) is 24.5 Å². The number of hydrogen-bond acceptors (Lipinski definition) is 16. The molecule has 8 N–H and O–H groups in total. The minimum absolute atomic E-state index is 0.0853. The number of nitrogens with one attached hydrogen (secondary N) is 2. The molecule has 18 heteroatoms. The number of carbonyl (C=O) groups is 2. The Morgan fingerprint density at radius 1 is 0.643 bits per heavy atom. The van der Waals surface area contributed by atoms with Crippen molar-refractivity contribution in [2.75, 3.05) is 10.6 Å². The predicted molar refractivity (Wildman–Crippen MR) is 215 cm³/mol. The number of nitrogens with two attached hydrogens (primary N) is 2. The third-order valence-electron chi connectivity index (χ3n) is 9.88. The molecule has 2 saturated carbocycles. The van der Waals surface area contributed by atoms with E-state index in [-0.39, 0.29) is 34.0 Å². The molecule has 6 heterocycles. The average Bonchev–Trinajstić information content (AvgIpc) is 3.73. The molecule has 0 aliphatic heterocycles. The van der Waals surface area contributed by atoms with E-state index in [1.165, 1.54) is 12.7 Å². The Kier molecular flexibility index (Phi) is 11.8. The molecule has 0 radical (unpaired) electrons. The quantitative estimate of drug-likeness (QED) is 0.0819. The number of nitrogens with zero attached hydrogens (tertiary/aromatic N) is 6. The molecule has 6 aromatic heterocycles. The summed E-state index contributed by atoms with van der Waals surface area (Å²) in [6.07, 6.45) is 13.8. The molecule has 0 bridgehead atoms. The van der Waals surface area contributed by atoms with Crippen molar-refractivity contribution in [3.8, 4) is 11.8 Å². The van der Waals surface area contributed by atoms with Gasteiger partial charge in [0.25, 0.3) is 0 Å². The van der Waals surface area contributed by atoms with Crippen LogP contribution in [0.1, 0.15) is 81.8 Å². The first-order valence-corrected chi connectivity index (χ1v) is 19.9. The second kappa shape index (κ2) is 17.1. The molecular formula is C38H42N10O6S2. The molecule has 0 aromatic carbocycles. The van der Waals surface area contributed by atoms with Gasteiger partial charge < -0.3 is 41.8 Å². The van der Waals surface area contributed by atoms with Gasteiger partial charge in [-0.2, -0.15) is 0 Å². The molecule has 16 nitrogen and oxygen atoms in total. The van der Waals surface area contributed by atoms with Gasteiger partial charge in [-0.05, 0) is 101 Å². The maximum Gasteiger partial charge on any atom is 0.346 e. The minimum atomic E-state index is -0.965. The molecule has 8 rings (SSSR count). The number of aromatic nitrogens is 6. The number of anilines is 4. The summed E-state index contributed by atoms with van der Waals surface area (Å²) >= 11 is 2.28. The second-order valence-corrected chi connectivity index (χ2v) is 15.8. The number of carboxylic acids is 2. The van der Waals surface area contributed by atoms with Crippen molar-refractivity contribution < 1.29 is 29.3 Å². The zero-order valence-corrected chi connectivity index (χ0v) is 32.4. The first kappa shape index (κ1) is 38.7. The van der Waals surface area contributed by atoms with Crippen LogP contribution in [-0.2, 0) is 0 Å². The minimum Gasteiger partial charge on any atom is -0.477 e. The summed E-state index contributed by atoms with van der Waals surface area (Å²) in [4.78, 5) is 50.5. The van der Waals surface area contributed by atoms with Crippen molar-refractivity contribution in [3.63, 3.8) is 0 Å². The van der Waals surface area contributed by atoms with Crippen LogP contribution in [0, 0.1) is 13.8 Å². The van der Waals surface area contributed by atoms with Crippen LogP contribution in [0.15, 0.2) is 49.3 Å². The SMILES string of the molecule is Cc1c(C(=O)O)sc2ncnc(Nc3cccnc3OC3CCC(N)CC3)c12.Cc1c(C(=O)O)sc2ncnc(Nc3cccnc3OC3CCC(N)CC3)c12. The third kappa shape index (κ3) is 8.62. The Labute approximate surface area is 329 Å². The van der Waals surface area contributed by atoms with Gasteiger partial charge in [-0.3, -0.25) is 0 Å². The Bertz CT molecular complexity index is 2190. The Morgan fingerprint density at radius 3 is 1.41 bits per heavy atom. The smallest absolute Gasteiger partial charge is 0.346 e. The van der Waals surface area contributed by atoms with Crippen molar-refractivity contribution in [3.05, 3.63) is 70.2 Å². The first-order valence-electron chi connectivity index (χ1n) is 18.3. The van der Waals surface area contributed by atoms with Crippen molar-refractivity contribution >= 4 is 78.1 Å². The number of carboxylic acid groups (broad SMARTS) is 2. The van der Waals surface area contributed by atoms with Crippen LogP contribution in [0.25, 0.3) is 20.4 Å². The van der Waals surface area contributed by atoms with Gasteiger partial charge in [0.1, 0.15) is 67.3 Å². The van der Waals surface area contributed by atoms with Gasteiger partial charge in [-0.25, -0.2) is 39.5 Å². The number of thiophene rings is 2. The van der Waals surface area contributed by atoms with Gasteiger partial charge >= 0.3 is 11.9 Å². The van der Waals surface area contributed by atoms with E-state index in [0.717, 1.165) is 74.0 Å². The number of rotatable bonds is 10. The van der Waals surface area contributed by atoms with Crippen LogP contribution < -0.4 is 31.6 Å². The van der Waals surface area contributed by atoms with Gasteiger partial charge in [-0.15, -0.1) is 22.7 Å².